The summed E-state index contributed by atoms with van der Waals surface area (Å²) >= 11 is 5.84. The number of rotatable bonds is 6. The van der Waals surface area contributed by atoms with Gasteiger partial charge in [0.1, 0.15) is 5.75 Å². The van der Waals surface area contributed by atoms with E-state index < -0.39 is 17.8 Å². The first kappa shape index (κ1) is 22.0. The molecule has 0 heterocycles. The van der Waals surface area contributed by atoms with Crippen molar-refractivity contribution in [2.24, 2.45) is 0 Å². The van der Waals surface area contributed by atoms with Crippen LogP contribution in [-0.4, -0.2) is 5.78 Å². The van der Waals surface area contributed by atoms with Crippen molar-refractivity contribution in [1.29, 1.82) is 0 Å². The second kappa shape index (κ2) is 10.2. The molecule has 2 aromatic rings. The largest absolute Gasteiger partial charge is 0.478 e. The van der Waals surface area contributed by atoms with E-state index in [2.05, 4.69) is 0 Å². The van der Waals surface area contributed by atoms with E-state index in [9.17, 15) is 18.0 Å². The van der Waals surface area contributed by atoms with Crippen LogP contribution < -0.4 is 4.74 Å². The summed E-state index contributed by atoms with van der Waals surface area (Å²) in [4.78, 5) is 12.3. The van der Waals surface area contributed by atoms with E-state index in [0.717, 1.165) is 12.1 Å². The van der Waals surface area contributed by atoms with Crippen LogP contribution in [0, 0.1) is 0 Å². The number of carbonyl (C=O) groups is 1. The Balaban J connectivity index is 0.00000163. The van der Waals surface area contributed by atoms with Gasteiger partial charge in [-0.3, -0.25) is 4.79 Å². The Hall–Kier alpha value is -2.01. The highest BCUT2D eigenvalue weighted by atomic mass is 35.5. The number of alkyl halides is 3. The molecule has 0 aliphatic rings. The highest BCUT2D eigenvalue weighted by Gasteiger charge is 2.31. The van der Waals surface area contributed by atoms with Crippen molar-refractivity contribution in [3.63, 3.8) is 0 Å². The fraction of sp³-hybridized carbons (Fsp3) is 0.350. The molecule has 0 aliphatic heterocycles. The van der Waals surface area contributed by atoms with Gasteiger partial charge in [-0.1, -0.05) is 50.6 Å². The van der Waals surface area contributed by atoms with E-state index in [-0.39, 0.29) is 18.0 Å². The number of carbonyl (C=O) groups excluding carboxylic acids is 1. The third kappa shape index (κ3) is 6.37. The van der Waals surface area contributed by atoms with Gasteiger partial charge in [0.2, 0.25) is 0 Å². The van der Waals surface area contributed by atoms with Gasteiger partial charge >= 0.3 is 6.18 Å². The minimum atomic E-state index is -4.47. The van der Waals surface area contributed by atoms with Gasteiger partial charge in [-0.15, -0.1) is 0 Å². The highest BCUT2D eigenvalue weighted by molar-refractivity contribution is 6.30. The Morgan fingerprint density at radius 2 is 1.73 bits per heavy atom. The number of ether oxygens (including phenoxy) is 1. The van der Waals surface area contributed by atoms with Crippen molar-refractivity contribution in [2.75, 3.05) is 0 Å². The van der Waals surface area contributed by atoms with Gasteiger partial charge in [0.25, 0.3) is 0 Å². The smallest absolute Gasteiger partial charge is 0.416 e. The summed E-state index contributed by atoms with van der Waals surface area (Å²) in [6.07, 6.45) is -4.55. The standard InChI is InChI=1S/C18H16ClF3O2.C2H6/c1-2-4-16(23)17(12-7-9-14(19)10-8-12)24-15-6-3-5-13(11-15)18(20,21)22;1-2/h3,5-11,17H,2,4H2,1H3;1-2H3. The fourth-order valence-electron chi connectivity index (χ4n) is 2.22. The van der Waals surface area contributed by atoms with Gasteiger partial charge in [0, 0.05) is 11.4 Å². The molecule has 0 saturated heterocycles. The second-order valence-corrected chi connectivity index (χ2v) is 5.73. The lowest BCUT2D eigenvalue weighted by atomic mass is 10.0. The summed E-state index contributed by atoms with van der Waals surface area (Å²) in [6, 6.07) is 11.0. The first-order chi connectivity index (χ1) is 12.3. The molecule has 0 aromatic heterocycles. The van der Waals surface area contributed by atoms with Gasteiger partial charge in [-0.25, -0.2) is 0 Å². The molecule has 2 nitrogen and oxygen atoms in total. The molecular weight excluding hydrogens is 365 g/mol. The predicted octanol–water partition coefficient (Wildman–Crippen LogP) is 6.87. The van der Waals surface area contributed by atoms with E-state index in [4.69, 9.17) is 16.3 Å². The van der Waals surface area contributed by atoms with Crippen molar-refractivity contribution in [1.82, 2.24) is 0 Å². The van der Waals surface area contributed by atoms with Crippen LogP contribution in [-0.2, 0) is 11.0 Å². The molecule has 6 heteroatoms. The maximum Gasteiger partial charge on any atom is 0.416 e. The van der Waals surface area contributed by atoms with Crippen LogP contribution >= 0.6 is 11.6 Å². The molecule has 142 valence electrons. The van der Waals surface area contributed by atoms with E-state index >= 15 is 0 Å². The van der Waals surface area contributed by atoms with Crippen LogP contribution in [0.15, 0.2) is 48.5 Å². The van der Waals surface area contributed by atoms with E-state index in [1.807, 2.05) is 20.8 Å². The number of ketones is 1. The summed E-state index contributed by atoms with van der Waals surface area (Å²) in [5.41, 5.74) is -0.270. The number of halogens is 4. The second-order valence-electron chi connectivity index (χ2n) is 5.29. The van der Waals surface area contributed by atoms with Gasteiger partial charge in [0.05, 0.1) is 5.56 Å². The summed E-state index contributed by atoms with van der Waals surface area (Å²) in [6.45, 7) is 5.85. The molecule has 0 saturated carbocycles. The van der Waals surface area contributed by atoms with Crippen LogP contribution in [0.4, 0.5) is 13.2 Å². The van der Waals surface area contributed by atoms with Crippen molar-refractivity contribution >= 4 is 17.4 Å². The Bertz CT molecular complexity index is 697. The maximum absolute atomic E-state index is 12.8. The van der Waals surface area contributed by atoms with Crippen molar-refractivity contribution < 1.29 is 22.7 Å². The maximum atomic E-state index is 12.8. The van der Waals surface area contributed by atoms with Crippen LogP contribution in [0.5, 0.6) is 5.75 Å². The minimum absolute atomic E-state index is 0.00534. The molecule has 0 aliphatic carbocycles. The van der Waals surface area contributed by atoms with Gasteiger partial charge in [-0.05, 0) is 42.3 Å². The third-order valence-corrected chi connectivity index (χ3v) is 3.63. The molecule has 1 unspecified atom stereocenters. The Morgan fingerprint density at radius 3 is 2.27 bits per heavy atom. The molecule has 26 heavy (non-hydrogen) atoms. The molecule has 0 spiro atoms. The zero-order valence-electron chi connectivity index (χ0n) is 14.9. The van der Waals surface area contributed by atoms with E-state index in [0.29, 0.717) is 17.0 Å². The fourth-order valence-corrected chi connectivity index (χ4v) is 2.34. The number of benzene rings is 2. The molecular formula is C20H22ClF3O2. The first-order valence-electron chi connectivity index (χ1n) is 8.43. The minimum Gasteiger partial charge on any atom is -0.478 e. The van der Waals surface area contributed by atoms with Crippen LogP contribution in [0.1, 0.15) is 50.8 Å². The predicted molar refractivity (Wildman–Crippen MR) is 97.5 cm³/mol. The molecule has 0 amide bonds. The summed E-state index contributed by atoms with van der Waals surface area (Å²) < 4.78 is 44.0. The number of Topliss-reactive ketones (excluding diaryl/α,β-unsaturated/α-hetero) is 1. The zero-order valence-corrected chi connectivity index (χ0v) is 15.7. The Labute approximate surface area is 156 Å². The van der Waals surface area contributed by atoms with E-state index in [1.165, 1.54) is 12.1 Å². The first-order valence-corrected chi connectivity index (χ1v) is 8.81. The van der Waals surface area contributed by atoms with Gasteiger partial charge < -0.3 is 4.74 Å². The average molecular weight is 387 g/mol. The van der Waals surface area contributed by atoms with E-state index in [1.54, 1.807) is 24.3 Å². The van der Waals surface area contributed by atoms with Crippen LogP contribution in [0.3, 0.4) is 0 Å². The Kier molecular flexibility index (Phi) is 8.66. The lowest BCUT2D eigenvalue weighted by molar-refractivity contribution is -0.137. The summed E-state index contributed by atoms with van der Waals surface area (Å²) in [5.74, 6) is -0.202. The molecule has 1 atom stereocenters. The molecule has 0 radical (unpaired) electrons. The average Bonchev–Trinajstić information content (AvgIpc) is 2.62. The molecule has 0 N–H and O–H groups in total. The van der Waals surface area contributed by atoms with Gasteiger partial charge in [0.15, 0.2) is 11.9 Å². The zero-order chi connectivity index (χ0) is 19.7. The van der Waals surface area contributed by atoms with Crippen molar-refractivity contribution in [2.45, 2.75) is 45.9 Å². The molecule has 2 rings (SSSR count). The quantitative estimate of drug-likeness (QED) is 0.541. The molecule has 0 bridgehead atoms. The molecule has 0 fully saturated rings. The lowest BCUT2D eigenvalue weighted by Crippen LogP contribution is -2.19. The topological polar surface area (TPSA) is 26.3 Å². The van der Waals surface area contributed by atoms with Crippen molar-refractivity contribution in [3.8, 4) is 5.75 Å². The molecule has 2 aromatic carbocycles. The third-order valence-electron chi connectivity index (χ3n) is 3.38. The lowest BCUT2D eigenvalue weighted by Gasteiger charge is -2.19. The normalized spacial score (nSPS) is 12.0. The Morgan fingerprint density at radius 1 is 1.12 bits per heavy atom. The van der Waals surface area contributed by atoms with Crippen LogP contribution in [0.2, 0.25) is 5.02 Å². The SMILES string of the molecule is CC.CCCC(=O)C(Oc1cccc(C(F)(F)F)c1)c1ccc(Cl)cc1. The monoisotopic (exact) mass is 386 g/mol. The van der Waals surface area contributed by atoms with Gasteiger partial charge in [-0.2, -0.15) is 13.2 Å². The highest BCUT2D eigenvalue weighted by Crippen LogP contribution is 2.33. The summed E-state index contributed by atoms with van der Waals surface area (Å²) in [5, 5.41) is 0.500. The number of hydrogen-bond acceptors (Lipinski definition) is 2. The summed E-state index contributed by atoms with van der Waals surface area (Å²) in [7, 11) is 0. The van der Waals surface area contributed by atoms with Crippen LogP contribution in [0.25, 0.3) is 0 Å². The number of hydrogen-bond donors (Lipinski definition) is 0. The van der Waals surface area contributed by atoms with Crippen molar-refractivity contribution in [3.05, 3.63) is 64.7 Å².